The molecular formula is C15H15NO4S. The predicted molar refractivity (Wildman–Crippen MR) is 80.5 cm³/mol. The average molecular weight is 305 g/mol. The lowest BCUT2D eigenvalue weighted by molar-refractivity contribution is -0.137. The minimum Gasteiger partial charge on any atom is -0.463 e. The molecule has 0 aromatic carbocycles. The summed E-state index contributed by atoms with van der Waals surface area (Å²) in [6.07, 6.45) is 6.76. The molecule has 0 fully saturated rings. The van der Waals surface area contributed by atoms with E-state index in [0.29, 0.717) is 16.8 Å². The lowest BCUT2D eigenvalue weighted by atomic mass is 9.97. The summed E-state index contributed by atoms with van der Waals surface area (Å²) in [5, 5.41) is 0.614. The molecule has 0 amide bonds. The van der Waals surface area contributed by atoms with Crippen LogP contribution in [0.4, 0.5) is 0 Å². The van der Waals surface area contributed by atoms with Crippen LogP contribution >= 0.6 is 11.3 Å². The fraction of sp³-hybridized carbons (Fsp3) is 0.400. The Morgan fingerprint density at radius 3 is 3.05 bits per heavy atom. The Hall–Kier alpha value is -1.95. The van der Waals surface area contributed by atoms with Gasteiger partial charge in [0.25, 0.3) is 0 Å². The molecule has 0 unspecified atom stereocenters. The highest BCUT2D eigenvalue weighted by Gasteiger charge is 2.20. The first-order valence-electron chi connectivity index (χ1n) is 6.99. The maximum absolute atomic E-state index is 12.2. The van der Waals surface area contributed by atoms with E-state index in [1.807, 2.05) is 0 Å². The Kier molecular flexibility index (Phi) is 3.88. The maximum Gasteiger partial charge on any atom is 0.348 e. The molecule has 0 radical (unpaired) electrons. The van der Waals surface area contributed by atoms with Crippen molar-refractivity contribution in [1.82, 2.24) is 4.98 Å². The van der Waals surface area contributed by atoms with Crippen molar-refractivity contribution >= 4 is 33.6 Å². The smallest absolute Gasteiger partial charge is 0.348 e. The third kappa shape index (κ3) is 2.76. The van der Waals surface area contributed by atoms with Crippen molar-refractivity contribution in [2.45, 2.75) is 32.6 Å². The van der Waals surface area contributed by atoms with Crippen LogP contribution in [-0.2, 0) is 22.4 Å². The third-order valence-corrected chi connectivity index (χ3v) is 4.60. The van der Waals surface area contributed by atoms with Crippen LogP contribution in [0.5, 0.6) is 0 Å². The number of carbonyl (C=O) groups is 1. The maximum atomic E-state index is 12.2. The number of hydrogen-bond acceptors (Lipinski definition) is 6. The molecule has 2 heterocycles. The van der Waals surface area contributed by atoms with E-state index >= 15 is 0 Å². The molecule has 0 saturated heterocycles. The number of thiophene rings is 1. The molecule has 3 rings (SSSR count). The van der Waals surface area contributed by atoms with Gasteiger partial charge < -0.3 is 9.15 Å². The number of nitrogens with zero attached hydrogens (tertiary/aromatic N) is 1. The summed E-state index contributed by atoms with van der Waals surface area (Å²) in [4.78, 5) is 29.7. The van der Waals surface area contributed by atoms with Crippen molar-refractivity contribution in [3.8, 4) is 0 Å². The van der Waals surface area contributed by atoms with Gasteiger partial charge in [0.1, 0.15) is 10.2 Å². The van der Waals surface area contributed by atoms with Gasteiger partial charge in [-0.2, -0.15) is 0 Å². The van der Waals surface area contributed by atoms with Crippen LogP contribution in [0.2, 0.25) is 0 Å². The molecular weight excluding hydrogens is 290 g/mol. The quantitative estimate of drug-likeness (QED) is 0.644. The molecule has 1 aliphatic carbocycles. The van der Waals surface area contributed by atoms with Gasteiger partial charge in [0.15, 0.2) is 0 Å². The molecule has 0 bridgehead atoms. The zero-order chi connectivity index (χ0) is 14.8. The summed E-state index contributed by atoms with van der Waals surface area (Å²) in [6.45, 7) is 2.03. The standard InChI is InChI=1S/C15H15NO4S/c1-2-19-12(17)8-7-11-16-14-13(15(18)20-11)9-5-3-4-6-10(9)21-14/h7-8H,2-6H2,1H3/b8-7+. The topological polar surface area (TPSA) is 69.4 Å². The van der Waals surface area contributed by atoms with Crippen LogP contribution in [0.25, 0.3) is 16.3 Å². The molecule has 0 N–H and O–H groups in total. The molecule has 110 valence electrons. The number of carbonyl (C=O) groups excluding carboxylic acids is 1. The van der Waals surface area contributed by atoms with Gasteiger partial charge in [-0.15, -0.1) is 11.3 Å². The molecule has 0 spiro atoms. The average Bonchev–Trinajstić information content (AvgIpc) is 2.84. The fourth-order valence-electron chi connectivity index (χ4n) is 2.51. The fourth-order valence-corrected chi connectivity index (χ4v) is 3.76. The number of fused-ring (bicyclic) bond motifs is 3. The van der Waals surface area contributed by atoms with Crippen LogP contribution < -0.4 is 5.63 Å². The first kappa shape index (κ1) is 14.0. The van der Waals surface area contributed by atoms with Crippen molar-refractivity contribution in [3.05, 3.63) is 32.8 Å². The van der Waals surface area contributed by atoms with E-state index in [0.717, 1.165) is 31.2 Å². The largest absolute Gasteiger partial charge is 0.463 e. The minimum absolute atomic E-state index is 0.138. The van der Waals surface area contributed by atoms with E-state index in [1.54, 1.807) is 18.3 Å². The Bertz CT molecular complexity index is 772. The van der Waals surface area contributed by atoms with Crippen LogP contribution in [0.15, 0.2) is 15.3 Å². The first-order chi connectivity index (χ1) is 10.2. The summed E-state index contributed by atoms with van der Waals surface area (Å²) in [5.74, 6) is -0.341. The number of esters is 1. The van der Waals surface area contributed by atoms with Crippen molar-refractivity contribution in [2.75, 3.05) is 6.61 Å². The molecule has 0 atom stereocenters. The van der Waals surface area contributed by atoms with Crippen LogP contribution in [-0.4, -0.2) is 17.6 Å². The van der Waals surface area contributed by atoms with Crippen molar-refractivity contribution in [3.63, 3.8) is 0 Å². The Morgan fingerprint density at radius 2 is 2.24 bits per heavy atom. The highest BCUT2D eigenvalue weighted by Crippen LogP contribution is 2.33. The zero-order valence-corrected chi connectivity index (χ0v) is 12.5. The normalized spacial score (nSPS) is 14.5. The van der Waals surface area contributed by atoms with E-state index in [2.05, 4.69) is 4.98 Å². The second-order valence-corrected chi connectivity index (χ2v) is 5.90. The molecule has 2 aromatic rings. The van der Waals surface area contributed by atoms with E-state index in [1.165, 1.54) is 17.0 Å². The van der Waals surface area contributed by atoms with Gasteiger partial charge in [-0.25, -0.2) is 14.6 Å². The molecule has 0 aliphatic heterocycles. The third-order valence-electron chi connectivity index (χ3n) is 3.41. The summed E-state index contributed by atoms with van der Waals surface area (Å²) >= 11 is 1.55. The van der Waals surface area contributed by atoms with E-state index in [9.17, 15) is 9.59 Å². The van der Waals surface area contributed by atoms with Crippen molar-refractivity contribution < 1.29 is 13.9 Å². The van der Waals surface area contributed by atoms with Crippen molar-refractivity contribution in [1.29, 1.82) is 0 Å². The highest BCUT2D eigenvalue weighted by atomic mass is 32.1. The van der Waals surface area contributed by atoms with Gasteiger partial charge in [-0.3, -0.25) is 0 Å². The molecule has 0 saturated carbocycles. The molecule has 5 nitrogen and oxygen atoms in total. The van der Waals surface area contributed by atoms with E-state index < -0.39 is 5.97 Å². The number of aromatic nitrogens is 1. The zero-order valence-electron chi connectivity index (χ0n) is 11.7. The van der Waals surface area contributed by atoms with Gasteiger partial charge >= 0.3 is 11.6 Å². The predicted octanol–water partition coefficient (Wildman–Crippen LogP) is 2.70. The van der Waals surface area contributed by atoms with Crippen LogP contribution in [0.1, 0.15) is 36.1 Å². The molecule has 1 aliphatic rings. The lowest BCUT2D eigenvalue weighted by Gasteiger charge is -2.09. The number of aryl methyl sites for hydroxylation is 2. The Labute approximate surface area is 125 Å². The monoisotopic (exact) mass is 305 g/mol. The van der Waals surface area contributed by atoms with E-state index in [4.69, 9.17) is 9.15 Å². The van der Waals surface area contributed by atoms with Gasteiger partial charge in [0.05, 0.1) is 6.61 Å². The minimum atomic E-state index is -0.479. The van der Waals surface area contributed by atoms with Gasteiger partial charge in [0, 0.05) is 17.0 Å². The highest BCUT2D eigenvalue weighted by molar-refractivity contribution is 7.18. The Balaban J connectivity index is 2.00. The number of rotatable bonds is 3. The summed E-state index contributed by atoms with van der Waals surface area (Å²) in [5.41, 5.74) is 0.728. The van der Waals surface area contributed by atoms with Crippen LogP contribution in [0.3, 0.4) is 0 Å². The molecule has 2 aromatic heterocycles. The molecule has 6 heteroatoms. The summed E-state index contributed by atoms with van der Waals surface area (Å²) < 4.78 is 9.97. The second kappa shape index (κ2) is 5.81. The van der Waals surface area contributed by atoms with Gasteiger partial charge in [-0.1, -0.05) is 0 Å². The van der Waals surface area contributed by atoms with Gasteiger partial charge in [0.2, 0.25) is 5.89 Å². The Morgan fingerprint density at radius 1 is 1.43 bits per heavy atom. The number of ether oxygens (including phenoxy) is 1. The SMILES string of the molecule is CCOC(=O)/C=C/c1nc2sc3c(c2c(=O)o1)CCCC3. The second-order valence-electron chi connectivity index (χ2n) is 4.82. The van der Waals surface area contributed by atoms with Crippen LogP contribution in [0, 0.1) is 0 Å². The summed E-state index contributed by atoms with van der Waals surface area (Å²) in [6, 6.07) is 0. The number of hydrogen-bond donors (Lipinski definition) is 0. The molecule has 21 heavy (non-hydrogen) atoms. The lowest BCUT2D eigenvalue weighted by Crippen LogP contribution is -2.06. The van der Waals surface area contributed by atoms with Gasteiger partial charge in [-0.05, 0) is 38.2 Å². The van der Waals surface area contributed by atoms with Crippen molar-refractivity contribution in [2.24, 2.45) is 0 Å². The summed E-state index contributed by atoms with van der Waals surface area (Å²) in [7, 11) is 0. The van der Waals surface area contributed by atoms with E-state index in [-0.39, 0.29) is 11.5 Å². The first-order valence-corrected chi connectivity index (χ1v) is 7.81.